The Balaban J connectivity index is 1.62. The normalized spacial score (nSPS) is 16.6. The minimum atomic E-state index is -0.709. The SMILES string of the molecule is CCc1ccc(/C(C)=N\NC(=O)[C@@H]2COc3ccccc3O2)cc1. The van der Waals surface area contributed by atoms with Gasteiger partial charge in [-0.3, -0.25) is 4.79 Å². The zero-order valence-corrected chi connectivity index (χ0v) is 13.8. The molecule has 1 aliphatic heterocycles. The van der Waals surface area contributed by atoms with Crippen LogP contribution in [0.3, 0.4) is 0 Å². The molecule has 0 radical (unpaired) electrons. The standard InChI is InChI=1S/C19H20N2O3/c1-3-14-8-10-15(11-9-14)13(2)20-21-19(22)18-12-23-16-6-4-5-7-17(16)24-18/h4-11,18H,3,12H2,1-2H3,(H,21,22)/b20-13-/t18-/m0/s1. The molecule has 0 unspecified atom stereocenters. The van der Waals surface area contributed by atoms with Crippen LogP contribution in [0.15, 0.2) is 53.6 Å². The van der Waals surface area contributed by atoms with Crippen molar-refractivity contribution in [2.24, 2.45) is 5.10 Å². The zero-order valence-electron chi connectivity index (χ0n) is 13.8. The number of fused-ring (bicyclic) bond motifs is 1. The lowest BCUT2D eigenvalue weighted by Gasteiger charge is -2.24. The summed E-state index contributed by atoms with van der Waals surface area (Å²) >= 11 is 0. The average Bonchev–Trinajstić information content (AvgIpc) is 2.65. The van der Waals surface area contributed by atoms with Crippen molar-refractivity contribution >= 4 is 11.6 Å². The van der Waals surface area contributed by atoms with Gasteiger partial charge in [0.1, 0.15) is 6.61 Å². The Morgan fingerprint density at radius 3 is 2.58 bits per heavy atom. The number of carbonyl (C=O) groups is 1. The van der Waals surface area contributed by atoms with Gasteiger partial charge in [0.25, 0.3) is 5.91 Å². The summed E-state index contributed by atoms with van der Waals surface area (Å²) in [6.45, 7) is 4.14. The molecule has 2 aromatic carbocycles. The van der Waals surface area contributed by atoms with Crippen LogP contribution in [0.2, 0.25) is 0 Å². The van der Waals surface area contributed by atoms with E-state index in [-0.39, 0.29) is 12.5 Å². The number of benzene rings is 2. The Morgan fingerprint density at radius 1 is 1.17 bits per heavy atom. The van der Waals surface area contributed by atoms with Crippen LogP contribution in [0.1, 0.15) is 25.0 Å². The molecule has 3 rings (SSSR count). The molecule has 0 spiro atoms. The fourth-order valence-corrected chi connectivity index (χ4v) is 2.41. The van der Waals surface area contributed by atoms with Crippen molar-refractivity contribution in [3.63, 3.8) is 0 Å². The lowest BCUT2D eigenvalue weighted by molar-refractivity contribution is -0.130. The summed E-state index contributed by atoms with van der Waals surface area (Å²) in [4.78, 5) is 12.2. The summed E-state index contributed by atoms with van der Waals surface area (Å²) < 4.78 is 11.2. The third-order valence-corrected chi connectivity index (χ3v) is 3.91. The van der Waals surface area contributed by atoms with Crippen molar-refractivity contribution < 1.29 is 14.3 Å². The molecule has 0 aromatic heterocycles. The number of para-hydroxylation sites is 2. The fourth-order valence-electron chi connectivity index (χ4n) is 2.41. The summed E-state index contributed by atoms with van der Waals surface area (Å²) in [5.74, 6) is 0.894. The Labute approximate surface area is 141 Å². The summed E-state index contributed by atoms with van der Waals surface area (Å²) in [5, 5.41) is 4.16. The molecule has 1 aliphatic rings. The van der Waals surface area contributed by atoms with E-state index in [4.69, 9.17) is 9.47 Å². The van der Waals surface area contributed by atoms with Gasteiger partial charge in [-0.2, -0.15) is 5.10 Å². The topological polar surface area (TPSA) is 59.9 Å². The molecule has 1 atom stereocenters. The van der Waals surface area contributed by atoms with E-state index in [1.165, 1.54) is 5.56 Å². The van der Waals surface area contributed by atoms with Crippen molar-refractivity contribution in [2.45, 2.75) is 26.4 Å². The van der Waals surface area contributed by atoms with Crippen LogP contribution in [0.25, 0.3) is 0 Å². The van der Waals surface area contributed by atoms with E-state index in [1.54, 1.807) is 6.07 Å². The number of ether oxygens (including phenoxy) is 2. The quantitative estimate of drug-likeness (QED) is 0.695. The molecule has 24 heavy (non-hydrogen) atoms. The molecule has 0 saturated heterocycles. The smallest absolute Gasteiger partial charge is 0.284 e. The van der Waals surface area contributed by atoms with Gasteiger partial charge in [0.2, 0.25) is 6.10 Å². The van der Waals surface area contributed by atoms with Crippen molar-refractivity contribution in [3.05, 3.63) is 59.7 Å². The van der Waals surface area contributed by atoms with Crippen molar-refractivity contribution in [1.29, 1.82) is 0 Å². The largest absolute Gasteiger partial charge is 0.485 e. The van der Waals surface area contributed by atoms with Crippen molar-refractivity contribution in [3.8, 4) is 11.5 Å². The number of rotatable bonds is 4. The summed E-state index contributed by atoms with van der Waals surface area (Å²) in [6.07, 6.45) is 0.284. The van der Waals surface area contributed by atoms with Gasteiger partial charge in [0.15, 0.2) is 11.5 Å². The second-order valence-corrected chi connectivity index (χ2v) is 5.59. The number of amides is 1. The minimum Gasteiger partial charge on any atom is -0.485 e. The second kappa shape index (κ2) is 7.17. The fraction of sp³-hybridized carbons (Fsp3) is 0.263. The van der Waals surface area contributed by atoms with Crippen LogP contribution < -0.4 is 14.9 Å². The molecule has 5 heteroatoms. The highest BCUT2D eigenvalue weighted by atomic mass is 16.6. The van der Waals surface area contributed by atoms with E-state index in [2.05, 4.69) is 29.6 Å². The van der Waals surface area contributed by atoms with Crippen LogP contribution in [0, 0.1) is 0 Å². The lowest BCUT2D eigenvalue weighted by atomic mass is 10.1. The van der Waals surface area contributed by atoms with Crippen LogP contribution in [-0.2, 0) is 11.2 Å². The summed E-state index contributed by atoms with van der Waals surface area (Å²) in [6, 6.07) is 15.4. The third-order valence-electron chi connectivity index (χ3n) is 3.91. The predicted octanol–water partition coefficient (Wildman–Crippen LogP) is 2.93. The highest BCUT2D eigenvalue weighted by molar-refractivity contribution is 5.99. The molecular weight excluding hydrogens is 304 g/mol. The average molecular weight is 324 g/mol. The monoisotopic (exact) mass is 324 g/mol. The van der Waals surface area contributed by atoms with E-state index in [1.807, 2.05) is 37.3 Å². The van der Waals surface area contributed by atoms with E-state index in [0.29, 0.717) is 11.5 Å². The number of hydrogen-bond acceptors (Lipinski definition) is 4. The number of nitrogens with one attached hydrogen (secondary N) is 1. The molecule has 1 heterocycles. The Kier molecular flexibility index (Phi) is 4.79. The number of carbonyl (C=O) groups excluding carboxylic acids is 1. The first kappa shape index (κ1) is 16.1. The van der Waals surface area contributed by atoms with Gasteiger partial charge in [-0.15, -0.1) is 0 Å². The van der Waals surface area contributed by atoms with E-state index >= 15 is 0 Å². The molecule has 2 aromatic rings. The number of nitrogens with zero attached hydrogens (tertiary/aromatic N) is 1. The number of hydrazone groups is 1. The molecule has 0 aliphatic carbocycles. The maximum absolute atomic E-state index is 12.2. The molecule has 124 valence electrons. The van der Waals surface area contributed by atoms with Gasteiger partial charge in [0, 0.05) is 0 Å². The molecule has 5 nitrogen and oxygen atoms in total. The minimum absolute atomic E-state index is 0.169. The molecule has 0 saturated carbocycles. The lowest BCUT2D eigenvalue weighted by Crippen LogP contribution is -2.42. The maximum atomic E-state index is 12.2. The van der Waals surface area contributed by atoms with Gasteiger partial charge in [0.05, 0.1) is 5.71 Å². The molecule has 0 fully saturated rings. The first-order valence-electron chi connectivity index (χ1n) is 7.99. The van der Waals surface area contributed by atoms with Crippen LogP contribution in [-0.4, -0.2) is 24.3 Å². The predicted molar refractivity (Wildman–Crippen MR) is 92.5 cm³/mol. The molecular formula is C19H20N2O3. The van der Waals surface area contributed by atoms with Crippen LogP contribution in [0.5, 0.6) is 11.5 Å². The first-order chi connectivity index (χ1) is 11.7. The third kappa shape index (κ3) is 3.56. The van der Waals surface area contributed by atoms with Gasteiger partial charge < -0.3 is 9.47 Å². The van der Waals surface area contributed by atoms with Crippen LogP contribution in [0.4, 0.5) is 0 Å². The van der Waals surface area contributed by atoms with Gasteiger partial charge in [-0.25, -0.2) is 5.43 Å². The van der Waals surface area contributed by atoms with Crippen molar-refractivity contribution in [2.75, 3.05) is 6.61 Å². The molecule has 0 bridgehead atoms. The molecule has 1 N–H and O–H groups in total. The van der Waals surface area contributed by atoms with Gasteiger partial charge >= 0.3 is 0 Å². The number of aryl methyl sites for hydroxylation is 1. The zero-order chi connectivity index (χ0) is 16.9. The van der Waals surface area contributed by atoms with E-state index < -0.39 is 6.10 Å². The summed E-state index contributed by atoms with van der Waals surface area (Å²) in [5.41, 5.74) is 5.53. The van der Waals surface area contributed by atoms with Crippen LogP contribution >= 0.6 is 0 Å². The van der Waals surface area contributed by atoms with E-state index in [0.717, 1.165) is 17.7 Å². The Morgan fingerprint density at radius 2 is 1.88 bits per heavy atom. The Hall–Kier alpha value is -2.82. The van der Waals surface area contributed by atoms with Gasteiger partial charge in [-0.1, -0.05) is 43.3 Å². The first-order valence-corrected chi connectivity index (χ1v) is 7.99. The summed E-state index contributed by atoms with van der Waals surface area (Å²) in [7, 11) is 0. The maximum Gasteiger partial charge on any atom is 0.284 e. The molecule has 1 amide bonds. The van der Waals surface area contributed by atoms with E-state index in [9.17, 15) is 4.79 Å². The van der Waals surface area contributed by atoms with Gasteiger partial charge in [-0.05, 0) is 36.6 Å². The number of hydrogen-bond donors (Lipinski definition) is 1. The van der Waals surface area contributed by atoms with Crippen molar-refractivity contribution in [1.82, 2.24) is 5.43 Å². The second-order valence-electron chi connectivity index (χ2n) is 5.59. The highest BCUT2D eigenvalue weighted by Crippen LogP contribution is 2.30. The highest BCUT2D eigenvalue weighted by Gasteiger charge is 2.27. The Bertz CT molecular complexity index is 753.